The van der Waals surface area contributed by atoms with Crippen molar-refractivity contribution >= 4 is 17.5 Å². The van der Waals surface area contributed by atoms with Gasteiger partial charge in [-0.15, -0.1) is 0 Å². The van der Waals surface area contributed by atoms with Gasteiger partial charge in [0.05, 0.1) is 6.61 Å². The Labute approximate surface area is 133 Å². The number of benzene rings is 2. The molecule has 5 nitrogen and oxygen atoms in total. The zero-order valence-electron chi connectivity index (χ0n) is 12.6. The Morgan fingerprint density at radius 1 is 1.09 bits per heavy atom. The molecule has 2 rings (SSSR count). The first kappa shape index (κ1) is 16.6. The molecule has 0 saturated carbocycles. The van der Waals surface area contributed by atoms with Crippen molar-refractivity contribution in [3.63, 3.8) is 0 Å². The summed E-state index contributed by atoms with van der Waals surface area (Å²) in [4.78, 5) is 23.7. The lowest BCUT2D eigenvalue weighted by Gasteiger charge is -2.10. The molecule has 0 heterocycles. The fourth-order valence-corrected chi connectivity index (χ4v) is 2.05. The van der Waals surface area contributed by atoms with Crippen LogP contribution in [0.5, 0.6) is 0 Å². The van der Waals surface area contributed by atoms with Gasteiger partial charge in [-0.1, -0.05) is 30.3 Å². The highest BCUT2D eigenvalue weighted by Crippen LogP contribution is 2.15. The van der Waals surface area contributed by atoms with Crippen molar-refractivity contribution in [2.45, 2.75) is 20.1 Å². The van der Waals surface area contributed by atoms with Gasteiger partial charge in [0.25, 0.3) is 0 Å². The largest absolute Gasteiger partial charge is 0.392 e. The second kappa shape index (κ2) is 7.51. The second-order valence-electron chi connectivity index (χ2n) is 5.02. The normalized spacial score (nSPS) is 10.2. The molecule has 0 aromatic heterocycles. The molecule has 0 unspecified atom stereocenters. The average molecular weight is 316 g/mol. The highest BCUT2D eigenvalue weighted by Gasteiger charge is 2.15. The third kappa shape index (κ3) is 4.37. The molecule has 0 radical (unpaired) electrons. The van der Waals surface area contributed by atoms with E-state index in [1.807, 2.05) is 0 Å². The molecule has 0 bridgehead atoms. The molecule has 120 valence electrons. The minimum atomic E-state index is -0.875. The van der Waals surface area contributed by atoms with Crippen LogP contribution < -0.4 is 10.6 Å². The molecule has 0 aliphatic rings. The van der Waals surface area contributed by atoms with Gasteiger partial charge in [-0.05, 0) is 35.7 Å². The molecule has 0 fully saturated rings. The number of carbonyl (C=O) groups excluding carboxylic acids is 2. The van der Waals surface area contributed by atoms with Gasteiger partial charge in [-0.2, -0.15) is 0 Å². The number of nitrogens with one attached hydrogen (secondary N) is 2. The van der Waals surface area contributed by atoms with E-state index in [4.69, 9.17) is 0 Å². The van der Waals surface area contributed by atoms with Crippen LogP contribution in [0.4, 0.5) is 10.1 Å². The Kier molecular flexibility index (Phi) is 5.43. The number of halogens is 1. The monoisotopic (exact) mass is 316 g/mol. The molecular formula is C17H17FN2O3. The number of anilines is 1. The summed E-state index contributed by atoms with van der Waals surface area (Å²) in [5.41, 5.74) is 2.30. The second-order valence-corrected chi connectivity index (χ2v) is 5.02. The minimum absolute atomic E-state index is 0.116. The topological polar surface area (TPSA) is 78.4 Å². The summed E-state index contributed by atoms with van der Waals surface area (Å²) >= 11 is 0. The summed E-state index contributed by atoms with van der Waals surface area (Å²) in [5, 5.41) is 14.1. The van der Waals surface area contributed by atoms with Gasteiger partial charge in [0.15, 0.2) is 0 Å². The maximum Gasteiger partial charge on any atom is 0.313 e. The Balaban J connectivity index is 1.98. The number of carbonyl (C=O) groups is 2. The Hall–Kier alpha value is -2.73. The number of rotatable bonds is 4. The van der Waals surface area contributed by atoms with Gasteiger partial charge in [0.1, 0.15) is 5.82 Å². The van der Waals surface area contributed by atoms with E-state index in [2.05, 4.69) is 10.6 Å². The molecule has 0 saturated heterocycles. The third-order valence-electron chi connectivity index (χ3n) is 3.38. The maximum atomic E-state index is 13.2. The van der Waals surface area contributed by atoms with Crippen LogP contribution in [0.1, 0.15) is 16.7 Å². The van der Waals surface area contributed by atoms with E-state index in [-0.39, 0.29) is 18.8 Å². The van der Waals surface area contributed by atoms with E-state index in [0.717, 1.165) is 11.6 Å². The molecular weight excluding hydrogens is 299 g/mol. The summed E-state index contributed by atoms with van der Waals surface area (Å²) in [6.07, 6.45) is 0. The van der Waals surface area contributed by atoms with Gasteiger partial charge in [-0.3, -0.25) is 9.59 Å². The molecule has 0 aliphatic heterocycles. The number of hydrogen-bond acceptors (Lipinski definition) is 3. The van der Waals surface area contributed by atoms with Crippen LogP contribution in [0.15, 0.2) is 42.5 Å². The Morgan fingerprint density at radius 3 is 2.48 bits per heavy atom. The predicted octanol–water partition coefficient (Wildman–Crippen LogP) is 1.88. The van der Waals surface area contributed by atoms with Crippen LogP contribution in [-0.4, -0.2) is 16.9 Å². The summed E-state index contributed by atoms with van der Waals surface area (Å²) in [6.45, 7) is 1.66. The highest BCUT2D eigenvalue weighted by atomic mass is 19.1. The molecule has 0 atom stereocenters. The van der Waals surface area contributed by atoms with Gasteiger partial charge < -0.3 is 15.7 Å². The Morgan fingerprint density at radius 2 is 1.78 bits per heavy atom. The van der Waals surface area contributed by atoms with Gasteiger partial charge >= 0.3 is 11.8 Å². The first-order valence-corrected chi connectivity index (χ1v) is 7.04. The molecule has 2 aromatic rings. The summed E-state index contributed by atoms with van der Waals surface area (Å²) in [7, 11) is 0. The predicted molar refractivity (Wildman–Crippen MR) is 84.0 cm³/mol. The number of hydrogen-bond donors (Lipinski definition) is 3. The van der Waals surface area contributed by atoms with Crippen molar-refractivity contribution in [3.8, 4) is 0 Å². The molecule has 2 amide bonds. The lowest BCUT2D eigenvalue weighted by molar-refractivity contribution is -0.136. The van der Waals surface area contributed by atoms with Crippen molar-refractivity contribution in [1.29, 1.82) is 0 Å². The van der Waals surface area contributed by atoms with Crippen molar-refractivity contribution in [2.24, 2.45) is 0 Å². The number of aryl methyl sites for hydroxylation is 1. The summed E-state index contributed by atoms with van der Waals surface area (Å²) < 4.78 is 13.2. The van der Waals surface area contributed by atoms with Gasteiger partial charge in [-0.25, -0.2) is 4.39 Å². The van der Waals surface area contributed by atoms with Crippen LogP contribution in [0.2, 0.25) is 0 Å². The molecule has 23 heavy (non-hydrogen) atoms. The Bertz CT molecular complexity index is 732. The van der Waals surface area contributed by atoms with Crippen LogP contribution >= 0.6 is 0 Å². The van der Waals surface area contributed by atoms with E-state index in [1.54, 1.807) is 31.2 Å². The zero-order valence-corrected chi connectivity index (χ0v) is 12.6. The summed E-state index contributed by atoms with van der Waals surface area (Å²) in [6, 6.07) is 11.0. The molecule has 0 spiro atoms. The quantitative estimate of drug-likeness (QED) is 0.754. The summed E-state index contributed by atoms with van der Waals surface area (Å²) in [5.74, 6) is -2.20. The lowest BCUT2D eigenvalue weighted by Crippen LogP contribution is -2.35. The maximum absolute atomic E-state index is 13.2. The fourth-order valence-electron chi connectivity index (χ4n) is 2.05. The first-order valence-electron chi connectivity index (χ1n) is 7.04. The van der Waals surface area contributed by atoms with Crippen LogP contribution in [0.3, 0.4) is 0 Å². The molecule has 2 aromatic carbocycles. The molecule has 6 heteroatoms. The average Bonchev–Trinajstić information content (AvgIpc) is 2.56. The first-order chi connectivity index (χ1) is 11.0. The lowest BCUT2D eigenvalue weighted by atomic mass is 10.1. The van der Waals surface area contributed by atoms with Crippen LogP contribution in [-0.2, 0) is 22.7 Å². The van der Waals surface area contributed by atoms with Crippen molar-refractivity contribution in [2.75, 3.05) is 5.32 Å². The van der Waals surface area contributed by atoms with Crippen molar-refractivity contribution in [3.05, 3.63) is 65.0 Å². The minimum Gasteiger partial charge on any atom is -0.392 e. The smallest absolute Gasteiger partial charge is 0.313 e. The van der Waals surface area contributed by atoms with Gasteiger partial charge in [0, 0.05) is 12.2 Å². The number of aliphatic hydroxyl groups excluding tert-OH is 1. The van der Waals surface area contributed by atoms with Crippen LogP contribution in [0, 0.1) is 12.7 Å². The number of amides is 2. The SMILES string of the molecule is Cc1ccc(F)cc1NC(=O)C(=O)NCc1ccccc1CO. The van der Waals surface area contributed by atoms with E-state index in [0.29, 0.717) is 11.1 Å². The standard InChI is InChI=1S/C17H17FN2O3/c1-11-6-7-14(18)8-15(11)20-17(23)16(22)19-9-12-4-2-3-5-13(12)10-21/h2-8,21H,9-10H2,1H3,(H,19,22)(H,20,23). The van der Waals surface area contributed by atoms with Crippen molar-refractivity contribution in [1.82, 2.24) is 5.32 Å². The van der Waals surface area contributed by atoms with E-state index < -0.39 is 17.6 Å². The highest BCUT2D eigenvalue weighted by molar-refractivity contribution is 6.39. The van der Waals surface area contributed by atoms with E-state index in [1.165, 1.54) is 12.1 Å². The number of aliphatic hydroxyl groups is 1. The van der Waals surface area contributed by atoms with Gasteiger partial charge in [0.2, 0.25) is 0 Å². The molecule has 0 aliphatic carbocycles. The van der Waals surface area contributed by atoms with Crippen molar-refractivity contribution < 1.29 is 19.1 Å². The molecule has 3 N–H and O–H groups in total. The van der Waals surface area contributed by atoms with Crippen LogP contribution in [0.25, 0.3) is 0 Å². The third-order valence-corrected chi connectivity index (χ3v) is 3.38. The zero-order chi connectivity index (χ0) is 16.8. The van der Waals surface area contributed by atoms with E-state index >= 15 is 0 Å². The van der Waals surface area contributed by atoms with E-state index in [9.17, 15) is 19.1 Å². The fraction of sp³-hybridized carbons (Fsp3) is 0.176.